The molecule has 0 heterocycles. The summed E-state index contributed by atoms with van der Waals surface area (Å²) in [6.45, 7) is 6.85. The standard InChI is InChI=1S/C16H22O/c1-11(2)15-9-14(15)12(3)16(17,10-15)13-7-5-4-6-8-13/h4-8,11-12,14,17H,9-10H2,1-3H3/t12-,14+,15-,16+/m0/s1. The molecule has 0 saturated heterocycles. The van der Waals surface area contributed by atoms with Gasteiger partial charge in [0.15, 0.2) is 0 Å². The van der Waals surface area contributed by atoms with Gasteiger partial charge in [-0.05, 0) is 41.6 Å². The van der Waals surface area contributed by atoms with E-state index in [1.165, 1.54) is 6.42 Å². The summed E-state index contributed by atoms with van der Waals surface area (Å²) in [5, 5.41) is 11.0. The molecule has 1 aromatic rings. The summed E-state index contributed by atoms with van der Waals surface area (Å²) >= 11 is 0. The minimum atomic E-state index is -0.589. The molecule has 1 nitrogen and oxygen atoms in total. The van der Waals surface area contributed by atoms with Gasteiger partial charge in [-0.25, -0.2) is 0 Å². The molecule has 4 atom stereocenters. The first-order valence-corrected chi connectivity index (χ1v) is 6.78. The van der Waals surface area contributed by atoms with E-state index >= 15 is 0 Å². The summed E-state index contributed by atoms with van der Waals surface area (Å²) in [5.74, 6) is 1.81. The second-order valence-corrected chi connectivity index (χ2v) is 6.45. The van der Waals surface area contributed by atoms with Gasteiger partial charge in [0.2, 0.25) is 0 Å². The number of aliphatic hydroxyl groups is 1. The second-order valence-electron chi connectivity index (χ2n) is 6.45. The third kappa shape index (κ3) is 1.35. The second kappa shape index (κ2) is 3.35. The smallest absolute Gasteiger partial charge is 0.0930 e. The molecule has 0 unspecified atom stereocenters. The van der Waals surface area contributed by atoms with Crippen LogP contribution in [-0.4, -0.2) is 5.11 Å². The molecular formula is C16H22O. The maximum atomic E-state index is 11.0. The Hall–Kier alpha value is -0.820. The van der Waals surface area contributed by atoms with E-state index in [4.69, 9.17) is 0 Å². The van der Waals surface area contributed by atoms with Crippen LogP contribution in [0.2, 0.25) is 0 Å². The molecule has 0 bridgehead atoms. The molecule has 2 aliphatic carbocycles. The molecule has 0 radical (unpaired) electrons. The average Bonchev–Trinajstić information content (AvgIpc) is 2.99. The third-order valence-electron chi connectivity index (χ3n) is 5.56. The molecule has 0 aromatic heterocycles. The van der Waals surface area contributed by atoms with E-state index in [1.807, 2.05) is 18.2 Å². The van der Waals surface area contributed by atoms with Crippen LogP contribution in [0.3, 0.4) is 0 Å². The van der Waals surface area contributed by atoms with Crippen LogP contribution in [-0.2, 0) is 5.60 Å². The van der Waals surface area contributed by atoms with E-state index in [9.17, 15) is 5.11 Å². The highest BCUT2D eigenvalue weighted by Gasteiger charge is 2.69. The highest BCUT2D eigenvalue weighted by atomic mass is 16.3. The summed E-state index contributed by atoms with van der Waals surface area (Å²) in [6, 6.07) is 10.2. The Morgan fingerprint density at radius 2 is 1.88 bits per heavy atom. The Bertz CT molecular complexity index is 424. The molecule has 2 aliphatic rings. The summed E-state index contributed by atoms with van der Waals surface area (Å²) in [7, 11) is 0. The summed E-state index contributed by atoms with van der Waals surface area (Å²) in [5.41, 5.74) is 0.943. The van der Waals surface area contributed by atoms with Crippen molar-refractivity contribution in [3.63, 3.8) is 0 Å². The van der Waals surface area contributed by atoms with Gasteiger partial charge in [0.05, 0.1) is 5.60 Å². The number of hydrogen-bond donors (Lipinski definition) is 1. The molecule has 1 N–H and O–H groups in total. The van der Waals surface area contributed by atoms with Crippen LogP contribution in [0.1, 0.15) is 39.2 Å². The normalized spacial score (nSPS) is 43.8. The van der Waals surface area contributed by atoms with Crippen LogP contribution >= 0.6 is 0 Å². The van der Waals surface area contributed by atoms with Crippen molar-refractivity contribution in [2.45, 2.75) is 39.2 Å². The number of benzene rings is 1. The van der Waals surface area contributed by atoms with Crippen molar-refractivity contribution in [3.8, 4) is 0 Å². The van der Waals surface area contributed by atoms with E-state index in [2.05, 4.69) is 32.9 Å². The van der Waals surface area contributed by atoms with Gasteiger partial charge >= 0.3 is 0 Å². The fraction of sp³-hybridized carbons (Fsp3) is 0.625. The molecule has 0 spiro atoms. The van der Waals surface area contributed by atoms with Crippen molar-refractivity contribution >= 4 is 0 Å². The fourth-order valence-electron chi connectivity index (χ4n) is 4.18. The molecule has 1 heteroatoms. The lowest BCUT2D eigenvalue weighted by atomic mass is 9.79. The molecule has 2 fully saturated rings. The van der Waals surface area contributed by atoms with Gasteiger partial charge in [0.1, 0.15) is 0 Å². The Morgan fingerprint density at radius 1 is 1.24 bits per heavy atom. The summed E-state index contributed by atoms with van der Waals surface area (Å²) in [6.07, 6.45) is 2.27. The zero-order valence-electron chi connectivity index (χ0n) is 11.0. The van der Waals surface area contributed by atoms with E-state index < -0.39 is 5.60 Å². The minimum Gasteiger partial charge on any atom is -0.385 e. The molecule has 1 aromatic carbocycles. The minimum absolute atomic E-state index is 0.396. The molecule has 0 aliphatic heterocycles. The van der Waals surface area contributed by atoms with Crippen molar-refractivity contribution < 1.29 is 5.11 Å². The van der Waals surface area contributed by atoms with Gasteiger partial charge < -0.3 is 5.11 Å². The van der Waals surface area contributed by atoms with Crippen LogP contribution in [0.15, 0.2) is 30.3 Å². The first-order valence-electron chi connectivity index (χ1n) is 6.78. The molecular weight excluding hydrogens is 208 g/mol. The van der Waals surface area contributed by atoms with E-state index in [0.717, 1.165) is 17.9 Å². The van der Waals surface area contributed by atoms with E-state index in [-0.39, 0.29) is 0 Å². The maximum Gasteiger partial charge on any atom is 0.0930 e. The van der Waals surface area contributed by atoms with Crippen molar-refractivity contribution in [1.29, 1.82) is 0 Å². The van der Waals surface area contributed by atoms with Crippen molar-refractivity contribution in [2.75, 3.05) is 0 Å². The topological polar surface area (TPSA) is 20.2 Å². The van der Waals surface area contributed by atoms with Crippen LogP contribution in [0, 0.1) is 23.2 Å². The first kappa shape index (κ1) is 11.3. The third-order valence-corrected chi connectivity index (χ3v) is 5.56. The lowest BCUT2D eigenvalue weighted by molar-refractivity contribution is -0.0181. The maximum absolute atomic E-state index is 11.0. The van der Waals surface area contributed by atoms with Crippen LogP contribution < -0.4 is 0 Å². The molecule has 0 amide bonds. The van der Waals surface area contributed by atoms with Crippen LogP contribution in [0.25, 0.3) is 0 Å². The van der Waals surface area contributed by atoms with Gasteiger partial charge in [-0.3, -0.25) is 0 Å². The molecule has 2 saturated carbocycles. The van der Waals surface area contributed by atoms with E-state index in [0.29, 0.717) is 17.3 Å². The molecule has 17 heavy (non-hydrogen) atoms. The zero-order chi connectivity index (χ0) is 12.3. The van der Waals surface area contributed by atoms with Gasteiger partial charge in [-0.15, -0.1) is 0 Å². The molecule has 92 valence electrons. The van der Waals surface area contributed by atoms with Crippen LogP contribution in [0.5, 0.6) is 0 Å². The predicted molar refractivity (Wildman–Crippen MR) is 69.5 cm³/mol. The largest absolute Gasteiger partial charge is 0.385 e. The van der Waals surface area contributed by atoms with Gasteiger partial charge in [0.25, 0.3) is 0 Å². The first-order chi connectivity index (χ1) is 8.01. The van der Waals surface area contributed by atoms with Gasteiger partial charge in [-0.2, -0.15) is 0 Å². The zero-order valence-corrected chi connectivity index (χ0v) is 11.0. The average molecular weight is 230 g/mol. The van der Waals surface area contributed by atoms with Gasteiger partial charge in [0, 0.05) is 0 Å². The lowest BCUT2D eigenvalue weighted by Gasteiger charge is -2.32. The fourth-order valence-corrected chi connectivity index (χ4v) is 4.18. The quantitative estimate of drug-likeness (QED) is 0.823. The Kier molecular flexibility index (Phi) is 2.22. The summed E-state index contributed by atoms with van der Waals surface area (Å²) in [4.78, 5) is 0. The number of hydrogen-bond acceptors (Lipinski definition) is 1. The summed E-state index contributed by atoms with van der Waals surface area (Å²) < 4.78 is 0. The predicted octanol–water partition coefficient (Wildman–Crippen LogP) is 3.58. The van der Waals surface area contributed by atoms with Crippen LogP contribution in [0.4, 0.5) is 0 Å². The Balaban J connectivity index is 1.96. The van der Waals surface area contributed by atoms with Crippen molar-refractivity contribution in [3.05, 3.63) is 35.9 Å². The van der Waals surface area contributed by atoms with Gasteiger partial charge in [-0.1, -0.05) is 51.1 Å². The lowest BCUT2D eigenvalue weighted by Crippen LogP contribution is -2.32. The molecule has 3 rings (SSSR count). The highest BCUT2D eigenvalue weighted by Crippen LogP contribution is 2.74. The Labute approximate surface area is 104 Å². The highest BCUT2D eigenvalue weighted by molar-refractivity contribution is 5.30. The Morgan fingerprint density at radius 3 is 2.41 bits per heavy atom. The number of rotatable bonds is 2. The number of fused-ring (bicyclic) bond motifs is 1. The monoisotopic (exact) mass is 230 g/mol. The van der Waals surface area contributed by atoms with Crippen molar-refractivity contribution in [2.24, 2.45) is 23.2 Å². The SMILES string of the molecule is CC(C)[C@@]12C[C@@H]1[C@H](C)[C@@](O)(c1ccccc1)C2. The van der Waals surface area contributed by atoms with Crippen molar-refractivity contribution in [1.82, 2.24) is 0 Å². The van der Waals surface area contributed by atoms with E-state index in [1.54, 1.807) is 0 Å².